The van der Waals surface area contributed by atoms with E-state index >= 15 is 0 Å². The molecule has 0 bridgehead atoms. The zero-order valence-electron chi connectivity index (χ0n) is 14.3. The van der Waals surface area contributed by atoms with Crippen LogP contribution in [0.5, 0.6) is 5.75 Å². The quantitative estimate of drug-likeness (QED) is 0.654. The molecular weight excluding hydrogens is 286 g/mol. The fourth-order valence-corrected chi connectivity index (χ4v) is 2.33. The fourth-order valence-electron chi connectivity index (χ4n) is 2.33. The minimum atomic E-state index is -0.0767. The normalized spacial score (nSPS) is 12.1. The van der Waals surface area contributed by atoms with E-state index in [-0.39, 0.29) is 5.41 Å². The molecule has 0 saturated heterocycles. The molecule has 4 heteroatoms. The minimum absolute atomic E-state index is 0.0767. The van der Waals surface area contributed by atoms with Crippen LogP contribution in [0.15, 0.2) is 53.5 Å². The highest BCUT2D eigenvalue weighted by molar-refractivity contribution is 5.92. The first-order chi connectivity index (χ1) is 10.9. The number of hydrogen-bond acceptors (Lipinski definition) is 2. The van der Waals surface area contributed by atoms with Crippen LogP contribution in [0.4, 0.5) is 5.69 Å². The van der Waals surface area contributed by atoms with Crippen molar-refractivity contribution >= 4 is 11.6 Å². The predicted octanol–water partition coefficient (Wildman–Crippen LogP) is 3.71. The van der Waals surface area contributed by atoms with E-state index in [9.17, 15) is 0 Å². The molecule has 2 aromatic carbocycles. The van der Waals surface area contributed by atoms with Gasteiger partial charge in [0.25, 0.3) is 0 Å². The second kappa shape index (κ2) is 7.18. The highest BCUT2D eigenvalue weighted by atomic mass is 16.5. The Bertz CT molecular complexity index is 693. The van der Waals surface area contributed by atoms with Crippen LogP contribution >= 0.6 is 0 Å². The molecule has 0 aromatic heterocycles. The van der Waals surface area contributed by atoms with Gasteiger partial charge in [-0.05, 0) is 24.6 Å². The Kier molecular flexibility index (Phi) is 5.27. The highest BCUT2D eigenvalue weighted by Gasteiger charge is 2.20. The van der Waals surface area contributed by atoms with E-state index in [0.717, 1.165) is 11.4 Å². The molecule has 0 atom stereocenters. The summed E-state index contributed by atoms with van der Waals surface area (Å²) in [7, 11) is 1.64. The molecule has 0 radical (unpaired) electrons. The Morgan fingerprint density at radius 3 is 2.61 bits per heavy atom. The van der Waals surface area contributed by atoms with Crippen molar-refractivity contribution in [3.63, 3.8) is 0 Å². The summed E-state index contributed by atoms with van der Waals surface area (Å²) in [6, 6.07) is 16.1. The number of hydrogen-bond donors (Lipinski definition) is 2. The first-order valence-corrected chi connectivity index (χ1v) is 7.69. The molecule has 0 aliphatic carbocycles. The van der Waals surface area contributed by atoms with Crippen molar-refractivity contribution in [3.05, 3.63) is 59.7 Å². The van der Waals surface area contributed by atoms with Gasteiger partial charge in [0.1, 0.15) is 5.75 Å². The monoisotopic (exact) mass is 311 g/mol. The van der Waals surface area contributed by atoms with E-state index in [1.54, 1.807) is 7.11 Å². The summed E-state index contributed by atoms with van der Waals surface area (Å²) in [6.07, 6.45) is 0. The summed E-state index contributed by atoms with van der Waals surface area (Å²) in [6.45, 7) is 7.05. The van der Waals surface area contributed by atoms with Crippen LogP contribution in [0.25, 0.3) is 0 Å². The Morgan fingerprint density at radius 2 is 1.91 bits per heavy atom. The molecule has 0 spiro atoms. The van der Waals surface area contributed by atoms with Crippen LogP contribution in [0.2, 0.25) is 0 Å². The van der Waals surface area contributed by atoms with Crippen molar-refractivity contribution in [1.29, 1.82) is 0 Å². The molecular formula is C19H25N3O. The summed E-state index contributed by atoms with van der Waals surface area (Å²) in [5.41, 5.74) is 9.31. The Hall–Kier alpha value is -2.49. The number of aryl methyl sites for hydroxylation is 1. The topological polar surface area (TPSA) is 59.6 Å². The number of nitrogens with two attached hydrogens (primary N) is 1. The molecule has 0 amide bonds. The van der Waals surface area contributed by atoms with Crippen LogP contribution < -0.4 is 15.8 Å². The lowest BCUT2D eigenvalue weighted by Crippen LogP contribution is -2.27. The van der Waals surface area contributed by atoms with Crippen molar-refractivity contribution in [2.45, 2.75) is 26.2 Å². The standard InChI is InChI=1S/C19H25N3O/c1-14-7-5-8-15(11-14)19(2,3)13-21-18(20)22-16-9-6-10-17(12-16)23-4/h5-12H,13H2,1-4H3,(H3,20,21,22). The molecule has 0 unspecified atom stereocenters. The third kappa shape index (κ3) is 4.74. The lowest BCUT2D eigenvalue weighted by Gasteiger charge is -2.23. The molecule has 0 saturated carbocycles. The Morgan fingerprint density at radius 1 is 1.17 bits per heavy atom. The van der Waals surface area contributed by atoms with Gasteiger partial charge in [-0.15, -0.1) is 0 Å². The van der Waals surface area contributed by atoms with Crippen LogP contribution in [0.3, 0.4) is 0 Å². The van der Waals surface area contributed by atoms with E-state index < -0.39 is 0 Å². The van der Waals surface area contributed by atoms with Crippen molar-refractivity contribution in [2.24, 2.45) is 10.7 Å². The van der Waals surface area contributed by atoms with Crippen molar-refractivity contribution in [2.75, 3.05) is 19.0 Å². The van der Waals surface area contributed by atoms with Crippen molar-refractivity contribution < 1.29 is 4.74 Å². The third-order valence-corrected chi connectivity index (χ3v) is 3.79. The number of benzene rings is 2. The number of nitrogens with one attached hydrogen (secondary N) is 1. The van der Waals surface area contributed by atoms with Gasteiger partial charge in [0.2, 0.25) is 0 Å². The molecule has 0 fully saturated rings. The second-order valence-electron chi connectivity index (χ2n) is 6.31. The van der Waals surface area contributed by atoms with Gasteiger partial charge >= 0.3 is 0 Å². The summed E-state index contributed by atoms with van der Waals surface area (Å²) >= 11 is 0. The lowest BCUT2D eigenvalue weighted by molar-refractivity contribution is 0.415. The molecule has 122 valence electrons. The molecule has 4 nitrogen and oxygen atoms in total. The molecule has 2 rings (SSSR count). The first-order valence-electron chi connectivity index (χ1n) is 7.69. The van der Waals surface area contributed by atoms with Crippen molar-refractivity contribution in [3.8, 4) is 5.75 Å². The number of ether oxygens (including phenoxy) is 1. The maximum Gasteiger partial charge on any atom is 0.193 e. The lowest BCUT2D eigenvalue weighted by atomic mass is 9.84. The molecule has 0 heterocycles. The van der Waals surface area contributed by atoms with E-state index in [4.69, 9.17) is 10.5 Å². The van der Waals surface area contributed by atoms with E-state index in [1.807, 2.05) is 24.3 Å². The zero-order valence-corrected chi connectivity index (χ0v) is 14.3. The highest BCUT2D eigenvalue weighted by Crippen LogP contribution is 2.24. The van der Waals surface area contributed by atoms with E-state index in [0.29, 0.717) is 12.5 Å². The Balaban J connectivity index is 2.06. The number of anilines is 1. The van der Waals surface area contributed by atoms with Gasteiger partial charge in [0, 0.05) is 17.2 Å². The molecule has 0 aliphatic heterocycles. The average Bonchev–Trinajstić information content (AvgIpc) is 2.53. The second-order valence-corrected chi connectivity index (χ2v) is 6.31. The van der Waals surface area contributed by atoms with Crippen LogP contribution in [-0.4, -0.2) is 19.6 Å². The largest absolute Gasteiger partial charge is 0.497 e. The van der Waals surface area contributed by atoms with Gasteiger partial charge in [-0.25, -0.2) is 0 Å². The predicted molar refractivity (Wildman–Crippen MR) is 97.3 cm³/mol. The van der Waals surface area contributed by atoms with Crippen LogP contribution in [0.1, 0.15) is 25.0 Å². The SMILES string of the molecule is COc1cccc(NC(N)=NCC(C)(C)c2cccc(C)c2)c1. The smallest absolute Gasteiger partial charge is 0.193 e. The molecule has 0 aliphatic rings. The maximum atomic E-state index is 6.01. The number of rotatable bonds is 5. The van der Waals surface area contributed by atoms with Crippen molar-refractivity contribution in [1.82, 2.24) is 0 Å². The van der Waals surface area contributed by atoms with Gasteiger partial charge < -0.3 is 15.8 Å². The molecule has 23 heavy (non-hydrogen) atoms. The number of guanidine groups is 1. The Labute approximate surface area is 138 Å². The van der Waals surface area contributed by atoms with Gasteiger partial charge in [-0.1, -0.05) is 49.7 Å². The zero-order chi connectivity index (χ0) is 16.9. The summed E-state index contributed by atoms with van der Waals surface area (Å²) < 4.78 is 5.20. The third-order valence-electron chi connectivity index (χ3n) is 3.79. The van der Waals surface area contributed by atoms with E-state index in [2.05, 4.69) is 55.3 Å². The van der Waals surface area contributed by atoms with E-state index in [1.165, 1.54) is 11.1 Å². The van der Waals surface area contributed by atoms with Crippen LogP contribution in [0, 0.1) is 6.92 Å². The number of aliphatic imine (C=N–C) groups is 1. The van der Waals surface area contributed by atoms with Gasteiger partial charge in [0.15, 0.2) is 5.96 Å². The summed E-state index contributed by atoms with van der Waals surface area (Å²) in [5.74, 6) is 1.18. The van der Waals surface area contributed by atoms with Gasteiger partial charge in [-0.3, -0.25) is 4.99 Å². The summed E-state index contributed by atoms with van der Waals surface area (Å²) in [4.78, 5) is 4.50. The minimum Gasteiger partial charge on any atom is -0.497 e. The summed E-state index contributed by atoms with van der Waals surface area (Å²) in [5, 5.41) is 3.10. The number of nitrogens with zero attached hydrogens (tertiary/aromatic N) is 1. The first kappa shape index (κ1) is 16.9. The molecule has 2 aromatic rings. The molecule has 3 N–H and O–H groups in total. The van der Waals surface area contributed by atoms with Gasteiger partial charge in [0.05, 0.1) is 13.7 Å². The average molecular weight is 311 g/mol. The van der Waals surface area contributed by atoms with Crippen LogP contribution in [-0.2, 0) is 5.41 Å². The fraction of sp³-hybridized carbons (Fsp3) is 0.316. The maximum absolute atomic E-state index is 6.01. The number of methoxy groups -OCH3 is 1. The van der Waals surface area contributed by atoms with Gasteiger partial charge in [-0.2, -0.15) is 0 Å².